The average molecular weight is 334 g/mol. The van der Waals surface area contributed by atoms with Crippen molar-refractivity contribution in [3.05, 3.63) is 46.2 Å². The molecule has 7 heteroatoms. The Morgan fingerprint density at radius 3 is 2.84 bits per heavy atom. The maximum absolute atomic E-state index is 13.4. The zero-order valence-corrected chi connectivity index (χ0v) is 11.6. The van der Waals surface area contributed by atoms with Crippen molar-refractivity contribution in [2.24, 2.45) is 0 Å². The summed E-state index contributed by atoms with van der Waals surface area (Å²) in [7, 11) is 0. The summed E-state index contributed by atoms with van der Waals surface area (Å²) in [5, 5.41) is 2.90. The minimum atomic E-state index is -2.64. The number of anilines is 1. The van der Waals surface area contributed by atoms with E-state index in [2.05, 4.69) is 26.2 Å². The van der Waals surface area contributed by atoms with E-state index in [9.17, 15) is 13.2 Å². The number of nitrogens with one attached hydrogen (secondary N) is 1. The number of benzene rings is 1. The molecule has 2 rings (SSSR count). The van der Waals surface area contributed by atoms with Gasteiger partial charge in [-0.15, -0.1) is 0 Å². The van der Waals surface area contributed by atoms with Crippen molar-refractivity contribution >= 4 is 21.6 Å². The molecule has 0 spiro atoms. The molecule has 19 heavy (non-hydrogen) atoms. The van der Waals surface area contributed by atoms with Gasteiger partial charge in [0.25, 0.3) is 0 Å². The first-order valence-electron chi connectivity index (χ1n) is 5.48. The van der Waals surface area contributed by atoms with Gasteiger partial charge in [-0.1, -0.05) is 0 Å². The molecule has 0 amide bonds. The molecule has 0 bridgehead atoms. The summed E-state index contributed by atoms with van der Waals surface area (Å²) in [6.45, 7) is -0.743. The third kappa shape index (κ3) is 3.09. The number of rotatable bonds is 4. The van der Waals surface area contributed by atoms with E-state index in [0.717, 1.165) is 10.1 Å². The van der Waals surface area contributed by atoms with E-state index in [1.807, 2.05) is 0 Å². The summed E-state index contributed by atoms with van der Waals surface area (Å²) in [6.07, 6.45) is 2.51. The number of imidazole rings is 1. The molecule has 3 nitrogen and oxygen atoms in total. The van der Waals surface area contributed by atoms with Crippen LogP contribution in [-0.2, 0) is 6.54 Å². The molecule has 0 aliphatic carbocycles. The lowest BCUT2D eigenvalue weighted by Crippen LogP contribution is -2.09. The predicted molar refractivity (Wildman–Crippen MR) is 69.6 cm³/mol. The zero-order chi connectivity index (χ0) is 14.0. The number of aromatic nitrogens is 2. The Morgan fingerprint density at radius 2 is 2.16 bits per heavy atom. The second-order valence-corrected chi connectivity index (χ2v) is 4.82. The van der Waals surface area contributed by atoms with Crippen LogP contribution in [0.25, 0.3) is 0 Å². The van der Waals surface area contributed by atoms with Crippen LogP contribution in [0.5, 0.6) is 0 Å². The first kappa shape index (κ1) is 13.9. The highest BCUT2D eigenvalue weighted by atomic mass is 79.9. The molecule has 2 aromatic rings. The zero-order valence-electron chi connectivity index (χ0n) is 10.0. The van der Waals surface area contributed by atoms with Crippen LogP contribution in [0.3, 0.4) is 0 Å². The summed E-state index contributed by atoms with van der Waals surface area (Å²) in [5.74, 6) is -0.219. The van der Waals surface area contributed by atoms with E-state index in [0.29, 0.717) is 10.2 Å². The van der Waals surface area contributed by atoms with Crippen molar-refractivity contribution < 1.29 is 13.2 Å². The van der Waals surface area contributed by atoms with Crippen LogP contribution in [0.1, 0.15) is 17.9 Å². The molecule has 1 N–H and O–H groups in total. The maximum atomic E-state index is 13.4. The van der Waals surface area contributed by atoms with Crippen molar-refractivity contribution in [1.29, 1.82) is 0 Å². The van der Waals surface area contributed by atoms with E-state index in [-0.39, 0.29) is 12.4 Å². The third-order valence-electron chi connectivity index (χ3n) is 2.66. The third-order valence-corrected chi connectivity index (χ3v) is 3.27. The Hall–Kier alpha value is -1.50. The molecule has 0 aliphatic rings. The molecule has 0 atom stereocenters. The molecule has 0 saturated carbocycles. The first-order chi connectivity index (χ1) is 8.99. The summed E-state index contributed by atoms with van der Waals surface area (Å²) in [5.41, 5.74) is 1.35. The van der Waals surface area contributed by atoms with Crippen molar-refractivity contribution in [2.45, 2.75) is 20.0 Å². The molecule has 0 unspecified atom stereocenters. The second kappa shape index (κ2) is 5.64. The Bertz CT molecular complexity index is 584. The van der Waals surface area contributed by atoms with Crippen LogP contribution in [0.4, 0.5) is 18.9 Å². The van der Waals surface area contributed by atoms with E-state index in [4.69, 9.17) is 0 Å². The van der Waals surface area contributed by atoms with Gasteiger partial charge >= 0.3 is 6.55 Å². The highest BCUT2D eigenvalue weighted by molar-refractivity contribution is 9.10. The number of nitrogens with zero attached hydrogens (tertiary/aromatic N) is 2. The minimum Gasteiger partial charge on any atom is -0.378 e. The highest BCUT2D eigenvalue weighted by Gasteiger charge is 2.12. The van der Waals surface area contributed by atoms with Crippen LogP contribution in [0.15, 0.2) is 29.0 Å². The fourth-order valence-corrected chi connectivity index (χ4v) is 2.13. The molecule has 1 aromatic heterocycles. The predicted octanol–water partition coefficient (Wildman–Crippen LogP) is 4.10. The molecular formula is C12H11BrF3N3. The molecule has 0 saturated heterocycles. The van der Waals surface area contributed by atoms with Gasteiger partial charge in [0.1, 0.15) is 11.6 Å². The molecule has 1 aromatic carbocycles. The lowest BCUT2D eigenvalue weighted by atomic mass is 10.2. The normalized spacial score (nSPS) is 11.1. The van der Waals surface area contributed by atoms with Crippen molar-refractivity contribution in [3.8, 4) is 0 Å². The minimum absolute atomic E-state index is 0.0965. The fourth-order valence-electron chi connectivity index (χ4n) is 1.67. The van der Waals surface area contributed by atoms with E-state index < -0.39 is 12.4 Å². The fraction of sp³-hybridized carbons (Fsp3) is 0.250. The van der Waals surface area contributed by atoms with Gasteiger partial charge in [0.2, 0.25) is 0 Å². The Balaban J connectivity index is 2.15. The molecule has 0 fully saturated rings. The Kier molecular flexibility index (Phi) is 4.14. The largest absolute Gasteiger partial charge is 0.378 e. The lowest BCUT2D eigenvalue weighted by molar-refractivity contribution is 0.0673. The van der Waals surface area contributed by atoms with Crippen LogP contribution < -0.4 is 5.32 Å². The quantitative estimate of drug-likeness (QED) is 0.912. The number of alkyl halides is 2. The molecule has 102 valence electrons. The number of hydrogen-bond acceptors (Lipinski definition) is 2. The topological polar surface area (TPSA) is 29.9 Å². The lowest BCUT2D eigenvalue weighted by Gasteiger charge is -2.11. The van der Waals surface area contributed by atoms with Crippen LogP contribution in [0, 0.1) is 12.7 Å². The van der Waals surface area contributed by atoms with E-state index in [1.54, 1.807) is 13.0 Å². The number of aryl methyl sites for hydroxylation is 1. The highest BCUT2D eigenvalue weighted by Crippen LogP contribution is 2.24. The first-order valence-corrected chi connectivity index (χ1v) is 6.27. The summed E-state index contributed by atoms with van der Waals surface area (Å²) < 4.78 is 39.8. The number of halogens is 4. The maximum Gasteiger partial charge on any atom is 0.319 e. The molecular weight excluding hydrogens is 323 g/mol. The van der Waals surface area contributed by atoms with Gasteiger partial charge in [0.15, 0.2) is 0 Å². The van der Waals surface area contributed by atoms with Gasteiger partial charge in [0, 0.05) is 18.1 Å². The summed E-state index contributed by atoms with van der Waals surface area (Å²) >= 11 is 3.08. The van der Waals surface area contributed by atoms with Crippen molar-refractivity contribution in [2.75, 3.05) is 5.32 Å². The van der Waals surface area contributed by atoms with E-state index >= 15 is 0 Å². The Morgan fingerprint density at radius 1 is 1.42 bits per heavy atom. The molecule has 1 heterocycles. The smallest absolute Gasteiger partial charge is 0.319 e. The Labute approximate surface area is 116 Å². The van der Waals surface area contributed by atoms with Gasteiger partial charge in [-0.25, -0.2) is 9.37 Å². The van der Waals surface area contributed by atoms with E-state index in [1.165, 1.54) is 18.5 Å². The van der Waals surface area contributed by atoms with Crippen LogP contribution in [-0.4, -0.2) is 9.55 Å². The van der Waals surface area contributed by atoms with Gasteiger partial charge in [-0.05, 0) is 40.5 Å². The summed E-state index contributed by atoms with van der Waals surface area (Å²) in [6, 6.07) is 2.94. The number of hydrogen-bond donors (Lipinski definition) is 1. The summed E-state index contributed by atoms with van der Waals surface area (Å²) in [4.78, 5) is 3.84. The van der Waals surface area contributed by atoms with Crippen LogP contribution in [0.2, 0.25) is 0 Å². The average Bonchev–Trinajstić information content (AvgIpc) is 2.80. The van der Waals surface area contributed by atoms with Gasteiger partial charge in [0.05, 0.1) is 11.0 Å². The van der Waals surface area contributed by atoms with Crippen molar-refractivity contribution in [3.63, 3.8) is 0 Å². The van der Waals surface area contributed by atoms with Gasteiger partial charge in [-0.2, -0.15) is 8.78 Å². The van der Waals surface area contributed by atoms with Crippen LogP contribution >= 0.6 is 15.9 Å². The standard InChI is InChI=1S/C12H11BrF3N3/c1-7-4-8(13)9(14)5-10(7)18-6-11-17-2-3-19(11)12(15)16/h2-5,12,18H,6H2,1H3. The SMILES string of the molecule is Cc1cc(Br)c(F)cc1NCc1nccn1C(F)F. The van der Waals surface area contributed by atoms with Gasteiger partial charge < -0.3 is 5.32 Å². The van der Waals surface area contributed by atoms with Crippen molar-refractivity contribution in [1.82, 2.24) is 9.55 Å². The molecule has 0 aliphatic heterocycles. The monoisotopic (exact) mass is 333 g/mol. The second-order valence-electron chi connectivity index (χ2n) is 3.96. The van der Waals surface area contributed by atoms with Gasteiger partial charge in [-0.3, -0.25) is 4.57 Å². The molecule has 0 radical (unpaired) electrons.